The molecule has 0 aliphatic heterocycles. The third-order valence-electron chi connectivity index (χ3n) is 6.17. The molecule has 0 bridgehead atoms. The highest BCUT2D eigenvalue weighted by atomic mass is 16.5. The molecule has 0 amide bonds. The zero-order valence-corrected chi connectivity index (χ0v) is 17.3. The first-order valence-corrected chi connectivity index (χ1v) is 10.5. The van der Waals surface area contributed by atoms with Crippen molar-refractivity contribution in [2.45, 2.75) is 58.3 Å². The molecule has 0 heterocycles. The van der Waals surface area contributed by atoms with Gasteiger partial charge < -0.3 is 9.47 Å². The summed E-state index contributed by atoms with van der Waals surface area (Å²) in [6.07, 6.45) is 7.84. The number of carbonyl (C=O) groups is 1. The number of methoxy groups -OCH3 is 1. The largest absolute Gasteiger partial charge is 0.497 e. The summed E-state index contributed by atoms with van der Waals surface area (Å²) in [5.74, 6) is 3.30. The Morgan fingerprint density at radius 2 is 1.57 bits per heavy atom. The predicted molar refractivity (Wildman–Crippen MR) is 113 cm³/mol. The zero-order chi connectivity index (χ0) is 19.9. The Kier molecular flexibility index (Phi) is 7.13. The quantitative estimate of drug-likeness (QED) is 0.400. The van der Waals surface area contributed by atoms with Crippen molar-refractivity contribution in [2.75, 3.05) is 7.11 Å². The average molecular weight is 381 g/mol. The second-order valence-electron chi connectivity index (χ2n) is 8.15. The third-order valence-corrected chi connectivity index (χ3v) is 6.17. The van der Waals surface area contributed by atoms with Gasteiger partial charge in [-0.15, -0.1) is 0 Å². The maximum Gasteiger partial charge on any atom is 0.343 e. The standard InChI is InChI=1S/C25H32O3/c1-4-18(2)17-19-5-7-20(8-6-19)21-9-11-22(12-10-21)25(26)28-24-15-13-23(27-3)14-16-24/h9-16,18-20H,4-8,17H2,1-3H3. The highest BCUT2D eigenvalue weighted by molar-refractivity contribution is 5.91. The van der Waals surface area contributed by atoms with Crippen molar-refractivity contribution < 1.29 is 14.3 Å². The zero-order valence-electron chi connectivity index (χ0n) is 17.3. The van der Waals surface area contributed by atoms with Crippen molar-refractivity contribution in [3.63, 3.8) is 0 Å². The summed E-state index contributed by atoms with van der Waals surface area (Å²) >= 11 is 0. The molecule has 1 saturated carbocycles. The van der Waals surface area contributed by atoms with E-state index in [-0.39, 0.29) is 5.97 Å². The number of hydrogen-bond acceptors (Lipinski definition) is 3. The SMILES string of the molecule is CCC(C)CC1CCC(c2ccc(C(=O)Oc3ccc(OC)cc3)cc2)CC1. The molecule has 150 valence electrons. The molecule has 0 saturated heterocycles. The van der Waals surface area contributed by atoms with Crippen LogP contribution in [0.3, 0.4) is 0 Å². The van der Waals surface area contributed by atoms with Gasteiger partial charge in [-0.3, -0.25) is 0 Å². The minimum atomic E-state index is -0.325. The van der Waals surface area contributed by atoms with Crippen LogP contribution in [0.4, 0.5) is 0 Å². The fraction of sp³-hybridized carbons (Fsp3) is 0.480. The van der Waals surface area contributed by atoms with E-state index in [1.54, 1.807) is 31.4 Å². The van der Waals surface area contributed by atoms with Crippen molar-refractivity contribution in [3.8, 4) is 11.5 Å². The topological polar surface area (TPSA) is 35.5 Å². The summed E-state index contributed by atoms with van der Waals surface area (Å²) in [7, 11) is 1.61. The minimum Gasteiger partial charge on any atom is -0.497 e. The van der Waals surface area contributed by atoms with Gasteiger partial charge in [-0.2, -0.15) is 0 Å². The number of rotatable bonds is 7. The maximum atomic E-state index is 12.4. The van der Waals surface area contributed by atoms with E-state index in [2.05, 4.69) is 26.0 Å². The van der Waals surface area contributed by atoms with Crippen LogP contribution in [0, 0.1) is 11.8 Å². The Balaban J connectivity index is 1.54. The molecule has 3 heteroatoms. The van der Waals surface area contributed by atoms with E-state index in [0.717, 1.165) is 17.6 Å². The van der Waals surface area contributed by atoms with Gasteiger partial charge in [0.05, 0.1) is 12.7 Å². The number of esters is 1. The minimum absolute atomic E-state index is 0.325. The fourth-order valence-electron chi connectivity index (χ4n) is 4.17. The molecule has 2 aromatic carbocycles. The van der Waals surface area contributed by atoms with Gasteiger partial charge in [0.2, 0.25) is 0 Å². The lowest BCUT2D eigenvalue weighted by atomic mass is 9.75. The van der Waals surface area contributed by atoms with Gasteiger partial charge in [-0.1, -0.05) is 32.4 Å². The van der Waals surface area contributed by atoms with Crippen LogP contribution in [0.15, 0.2) is 48.5 Å². The molecule has 1 fully saturated rings. The first-order chi connectivity index (χ1) is 13.6. The van der Waals surface area contributed by atoms with E-state index in [1.165, 1.54) is 44.1 Å². The first-order valence-electron chi connectivity index (χ1n) is 10.5. The van der Waals surface area contributed by atoms with Gasteiger partial charge in [-0.25, -0.2) is 4.79 Å². The number of carbonyl (C=O) groups excluding carboxylic acids is 1. The van der Waals surface area contributed by atoms with Crippen LogP contribution in [0.2, 0.25) is 0 Å². The summed E-state index contributed by atoms with van der Waals surface area (Å²) in [5.41, 5.74) is 1.94. The normalized spacial score (nSPS) is 20.4. The smallest absolute Gasteiger partial charge is 0.343 e. The Morgan fingerprint density at radius 1 is 0.964 bits per heavy atom. The number of ether oxygens (including phenoxy) is 2. The molecule has 1 aliphatic carbocycles. The van der Waals surface area contributed by atoms with Gasteiger partial charge in [-0.05, 0) is 91.8 Å². The number of benzene rings is 2. The van der Waals surface area contributed by atoms with Crippen molar-refractivity contribution in [2.24, 2.45) is 11.8 Å². The van der Waals surface area contributed by atoms with Crippen LogP contribution >= 0.6 is 0 Å². The van der Waals surface area contributed by atoms with Gasteiger partial charge in [0.15, 0.2) is 0 Å². The summed E-state index contributed by atoms with van der Waals surface area (Å²) in [6.45, 7) is 4.66. The molecule has 28 heavy (non-hydrogen) atoms. The van der Waals surface area contributed by atoms with E-state index in [9.17, 15) is 4.79 Å². The molecule has 2 aromatic rings. The van der Waals surface area contributed by atoms with E-state index in [1.807, 2.05) is 12.1 Å². The number of hydrogen-bond donors (Lipinski definition) is 0. The van der Waals surface area contributed by atoms with Gasteiger partial charge in [0.1, 0.15) is 11.5 Å². The molecule has 1 atom stereocenters. The Bertz CT molecular complexity index is 740. The summed E-state index contributed by atoms with van der Waals surface area (Å²) in [4.78, 5) is 12.4. The van der Waals surface area contributed by atoms with E-state index < -0.39 is 0 Å². The van der Waals surface area contributed by atoms with Crippen molar-refractivity contribution in [1.82, 2.24) is 0 Å². The molecule has 0 spiro atoms. The van der Waals surface area contributed by atoms with Crippen molar-refractivity contribution >= 4 is 5.97 Å². The van der Waals surface area contributed by atoms with E-state index in [4.69, 9.17) is 9.47 Å². The molecule has 3 rings (SSSR count). The molecule has 0 aromatic heterocycles. The summed E-state index contributed by atoms with van der Waals surface area (Å²) in [5, 5.41) is 0. The van der Waals surface area contributed by atoms with E-state index in [0.29, 0.717) is 17.2 Å². The van der Waals surface area contributed by atoms with Crippen LogP contribution in [0.1, 0.15) is 74.2 Å². The fourth-order valence-corrected chi connectivity index (χ4v) is 4.17. The Hall–Kier alpha value is -2.29. The highest BCUT2D eigenvalue weighted by Crippen LogP contribution is 2.38. The summed E-state index contributed by atoms with van der Waals surface area (Å²) < 4.78 is 10.6. The average Bonchev–Trinajstić information content (AvgIpc) is 2.75. The lowest BCUT2D eigenvalue weighted by Crippen LogP contribution is -2.16. The van der Waals surface area contributed by atoms with Gasteiger partial charge >= 0.3 is 5.97 Å². The van der Waals surface area contributed by atoms with Crippen LogP contribution < -0.4 is 9.47 Å². The van der Waals surface area contributed by atoms with Gasteiger partial charge in [0.25, 0.3) is 0 Å². The first kappa shape index (κ1) is 20.4. The monoisotopic (exact) mass is 380 g/mol. The molecular weight excluding hydrogens is 348 g/mol. The van der Waals surface area contributed by atoms with Crippen LogP contribution in [0.5, 0.6) is 11.5 Å². The molecular formula is C25H32O3. The molecule has 1 aliphatic rings. The summed E-state index contributed by atoms with van der Waals surface area (Å²) in [6, 6.07) is 15.0. The second-order valence-corrected chi connectivity index (χ2v) is 8.15. The lowest BCUT2D eigenvalue weighted by molar-refractivity contribution is 0.0734. The Morgan fingerprint density at radius 3 is 2.14 bits per heavy atom. The molecule has 1 unspecified atom stereocenters. The van der Waals surface area contributed by atoms with Crippen molar-refractivity contribution in [3.05, 3.63) is 59.7 Å². The van der Waals surface area contributed by atoms with Crippen LogP contribution in [0.25, 0.3) is 0 Å². The maximum absolute atomic E-state index is 12.4. The van der Waals surface area contributed by atoms with Gasteiger partial charge in [0, 0.05) is 0 Å². The van der Waals surface area contributed by atoms with Crippen LogP contribution in [-0.4, -0.2) is 13.1 Å². The third kappa shape index (κ3) is 5.37. The molecule has 0 N–H and O–H groups in total. The lowest BCUT2D eigenvalue weighted by Gasteiger charge is -2.30. The van der Waals surface area contributed by atoms with E-state index >= 15 is 0 Å². The van der Waals surface area contributed by atoms with Crippen molar-refractivity contribution in [1.29, 1.82) is 0 Å². The predicted octanol–water partition coefficient (Wildman–Crippen LogP) is 6.62. The van der Waals surface area contributed by atoms with Crippen LogP contribution in [-0.2, 0) is 0 Å². The Labute approximate surface area is 169 Å². The molecule has 3 nitrogen and oxygen atoms in total. The second kappa shape index (κ2) is 9.77. The highest BCUT2D eigenvalue weighted by Gasteiger charge is 2.23. The molecule has 0 radical (unpaired) electrons.